The second kappa shape index (κ2) is 6.58. The van der Waals surface area contributed by atoms with Crippen molar-refractivity contribution in [2.45, 2.75) is 26.7 Å². The summed E-state index contributed by atoms with van der Waals surface area (Å²) in [6.45, 7) is 6.61. The van der Waals surface area contributed by atoms with Crippen LogP contribution in [0.25, 0.3) is 0 Å². The summed E-state index contributed by atoms with van der Waals surface area (Å²) in [5, 5.41) is 3.07. The number of rotatable bonds is 3. The lowest BCUT2D eigenvalue weighted by Gasteiger charge is -2.29. The highest BCUT2D eigenvalue weighted by Gasteiger charge is 2.24. The van der Waals surface area contributed by atoms with E-state index in [4.69, 9.17) is 6.42 Å². The molecule has 0 atom stereocenters. The molecule has 1 heterocycles. The van der Waals surface area contributed by atoms with Gasteiger partial charge in [0.05, 0.1) is 6.54 Å². The maximum Gasteiger partial charge on any atom is 0.227 e. The van der Waals surface area contributed by atoms with Crippen molar-refractivity contribution in [3.05, 3.63) is 29.3 Å². The van der Waals surface area contributed by atoms with E-state index in [9.17, 15) is 4.79 Å². The van der Waals surface area contributed by atoms with Crippen molar-refractivity contribution in [1.29, 1.82) is 0 Å². The number of piperidine rings is 1. The van der Waals surface area contributed by atoms with Crippen molar-refractivity contribution < 1.29 is 4.79 Å². The lowest BCUT2D eigenvalue weighted by molar-refractivity contribution is -0.121. The van der Waals surface area contributed by atoms with Crippen LogP contribution in [0.15, 0.2) is 18.2 Å². The monoisotopic (exact) mass is 270 g/mol. The minimum absolute atomic E-state index is 0.101. The van der Waals surface area contributed by atoms with Gasteiger partial charge in [0, 0.05) is 11.6 Å². The van der Waals surface area contributed by atoms with Crippen LogP contribution in [0, 0.1) is 32.1 Å². The first-order valence-corrected chi connectivity index (χ1v) is 7.14. The van der Waals surface area contributed by atoms with E-state index >= 15 is 0 Å². The van der Waals surface area contributed by atoms with Crippen LogP contribution in [0.1, 0.15) is 24.0 Å². The second-order valence-electron chi connectivity index (χ2n) is 5.49. The van der Waals surface area contributed by atoms with Crippen LogP contribution < -0.4 is 5.32 Å². The van der Waals surface area contributed by atoms with Crippen molar-refractivity contribution in [2.75, 3.05) is 25.0 Å². The van der Waals surface area contributed by atoms with Gasteiger partial charge in [-0.3, -0.25) is 9.69 Å². The molecule has 3 heteroatoms. The number of carbonyl (C=O) groups excluding carboxylic acids is 1. The lowest BCUT2D eigenvalue weighted by atomic mass is 9.95. The summed E-state index contributed by atoms with van der Waals surface area (Å²) < 4.78 is 0. The molecule has 0 saturated carbocycles. The van der Waals surface area contributed by atoms with Crippen LogP contribution in [0.5, 0.6) is 0 Å². The summed E-state index contributed by atoms with van der Waals surface area (Å²) in [7, 11) is 0. The Morgan fingerprint density at radius 2 is 2.10 bits per heavy atom. The fourth-order valence-corrected chi connectivity index (χ4v) is 2.60. The minimum Gasteiger partial charge on any atom is -0.326 e. The SMILES string of the molecule is C#CCN1CCC(C(=O)Nc2cccc(C)c2C)CC1. The Labute approximate surface area is 121 Å². The van der Waals surface area contributed by atoms with Crippen molar-refractivity contribution in [3.63, 3.8) is 0 Å². The molecular formula is C17H22N2O. The molecule has 1 amide bonds. The molecule has 2 rings (SSSR count). The first kappa shape index (κ1) is 14.6. The van der Waals surface area contributed by atoms with Crippen LogP contribution in [-0.2, 0) is 4.79 Å². The van der Waals surface area contributed by atoms with E-state index in [2.05, 4.69) is 29.1 Å². The van der Waals surface area contributed by atoms with Gasteiger partial charge in [-0.05, 0) is 57.0 Å². The Bertz CT molecular complexity index is 522. The highest BCUT2D eigenvalue weighted by atomic mass is 16.1. The van der Waals surface area contributed by atoms with E-state index in [-0.39, 0.29) is 11.8 Å². The number of amides is 1. The molecule has 0 unspecified atom stereocenters. The number of nitrogens with zero attached hydrogens (tertiary/aromatic N) is 1. The maximum atomic E-state index is 12.3. The Morgan fingerprint density at radius 1 is 1.40 bits per heavy atom. The van der Waals surface area contributed by atoms with E-state index in [1.165, 1.54) is 5.56 Å². The molecule has 1 aliphatic heterocycles. The van der Waals surface area contributed by atoms with Gasteiger partial charge in [0.15, 0.2) is 0 Å². The summed E-state index contributed by atoms with van der Waals surface area (Å²) >= 11 is 0. The van der Waals surface area contributed by atoms with Crippen LogP contribution in [0.4, 0.5) is 5.69 Å². The molecule has 1 aromatic carbocycles. The second-order valence-corrected chi connectivity index (χ2v) is 5.49. The number of aryl methyl sites for hydroxylation is 1. The summed E-state index contributed by atoms with van der Waals surface area (Å²) in [5.41, 5.74) is 3.28. The Morgan fingerprint density at radius 3 is 2.75 bits per heavy atom. The van der Waals surface area contributed by atoms with Gasteiger partial charge in [-0.1, -0.05) is 18.1 Å². The maximum absolute atomic E-state index is 12.3. The molecular weight excluding hydrogens is 248 g/mol. The summed E-state index contributed by atoms with van der Waals surface area (Å²) in [4.78, 5) is 14.5. The quantitative estimate of drug-likeness (QED) is 0.856. The van der Waals surface area contributed by atoms with Crippen LogP contribution in [0.2, 0.25) is 0 Å². The van der Waals surface area contributed by atoms with E-state index in [1.54, 1.807) is 0 Å². The van der Waals surface area contributed by atoms with Crippen molar-refractivity contribution >= 4 is 11.6 Å². The number of hydrogen-bond acceptors (Lipinski definition) is 2. The molecule has 0 spiro atoms. The van der Waals surface area contributed by atoms with Gasteiger partial charge in [0.1, 0.15) is 0 Å². The standard InChI is InChI=1S/C17H22N2O/c1-4-10-19-11-8-15(9-12-19)17(20)18-16-7-5-6-13(2)14(16)3/h1,5-7,15H,8-12H2,2-3H3,(H,18,20). The summed E-state index contributed by atoms with van der Waals surface area (Å²) in [5.74, 6) is 2.90. The first-order chi connectivity index (χ1) is 9.61. The zero-order chi connectivity index (χ0) is 14.5. The summed E-state index contributed by atoms with van der Waals surface area (Å²) in [6.07, 6.45) is 7.09. The van der Waals surface area contributed by atoms with E-state index < -0.39 is 0 Å². The van der Waals surface area contributed by atoms with Gasteiger partial charge < -0.3 is 5.32 Å². The molecule has 106 valence electrons. The zero-order valence-corrected chi connectivity index (χ0v) is 12.3. The fraction of sp³-hybridized carbons (Fsp3) is 0.471. The predicted octanol–water partition coefficient (Wildman–Crippen LogP) is 2.59. The van der Waals surface area contributed by atoms with Crippen molar-refractivity contribution in [1.82, 2.24) is 4.90 Å². The molecule has 1 N–H and O–H groups in total. The molecule has 1 fully saturated rings. The molecule has 1 saturated heterocycles. The van der Waals surface area contributed by atoms with Gasteiger partial charge >= 0.3 is 0 Å². The third-order valence-corrected chi connectivity index (χ3v) is 4.14. The third kappa shape index (κ3) is 3.40. The Hall–Kier alpha value is -1.79. The van der Waals surface area contributed by atoms with E-state index in [0.717, 1.165) is 37.2 Å². The topological polar surface area (TPSA) is 32.3 Å². The van der Waals surface area contributed by atoms with Crippen LogP contribution >= 0.6 is 0 Å². The molecule has 1 aromatic rings. The number of carbonyl (C=O) groups is 1. The molecule has 0 bridgehead atoms. The predicted molar refractivity (Wildman–Crippen MR) is 82.5 cm³/mol. The molecule has 1 aliphatic rings. The minimum atomic E-state index is 0.101. The zero-order valence-electron chi connectivity index (χ0n) is 12.3. The average molecular weight is 270 g/mol. The summed E-state index contributed by atoms with van der Waals surface area (Å²) in [6, 6.07) is 6.00. The lowest BCUT2D eigenvalue weighted by Crippen LogP contribution is -2.38. The van der Waals surface area contributed by atoms with Gasteiger partial charge in [0.25, 0.3) is 0 Å². The third-order valence-electron chi connectivity index (χ3n) is 4.14. The smallest absolute Gasteiger partial charge is 0.227 e. The number of terminal acetylenes is 1. The molecule has 0 aromatic heterocycles. The van der Waals surface area contributed by atoms with E-state index in [1.807, 2.05) is 19.1 Å². The molecule has 20 heavy (non-hydrogen) atoms. The highest BCUT2D eigenvalue weighted by Crippen LogP contribution is 2.22. The van der Waals surface area contributed by atoms with Gasteiger partial charge in [0.2, 0.25) is 5.91 Å². The van der Waals surface area contributed by atoms with Crippen LogP contribution in [0.3, 0.4) is 0 Å². The number of likely N-dealkylation sites (tertiary alicyclic amines) is 1. The van der Waals surface area contributed by atoms with Gasteiger partial charge in [-0.15, -0.1) is 6.42 Å². The van der Waals surface area contributed by atoms with Gasteiger partial charge in [-0.2, -0.15) is 0 Å². The number of anilines is 1. The van der Waals surface area contributed by atoms with Crippen LogP contribution in [-0.4, -0.2) is 30.4 Å². The van der Waals surface area contributed by atoms with Gasteiger partial charge in [-0.25, -0.2) is 0 Å². The van der Waals surface area contributed by atoms with Crippen molar-refractivity contribution in [3.8, 4) is 12.3 Å². The Balaban J connectivity index is 1.93. The molecule has 0 aliphatic carbocycles. The number of nitrogens with one attached hydrogen (secondary N) is 1. The largest absolute Gasteiger partial charge is 0.326 e. The van der Waals surface area contributed by atoms with E-state index in [0.29, 0.717) is 6.54 Å². The van der Waals surface area contributed by atoms with Crippen molar-refractivity contribution in [2.24, 2.45) is 5.92 Å². The average Bonchev–Trinajstić information content (AvgIpc) is 2.45. The first-order valence-electron chi connectivity index (χ1n) is 7.14. The number of benzene rings is 1. The molecule has 0 radical (unpaired) electrons. The molecule has 3 nitrogen and oxygen atoms in total. The Kier molecular flexibility index (Phi) is 4.81. The number of hydrogen-bond donors (Lipinski definition) is 1. The highest BCUT2D eigenvalue weighted by molar-refractivity contribution is 5.93. The fourth-order valence-electron chi connectivity index (χ4n) is 2.60. The normalized spacial score (nSPS) is 16.6.